The van der Waals surface area contributed by atoms with E-state index in [1.54, 1.807) is 0 Å². The van der Waals surface area contributed by atoms with Gasteiger partial charge in [-0.05, 0) is 93.0 Å². The SMILES string of the molecule is c1ccc(C2(c3ccccc3)c3cc(-c4cnc5c(ccc6cccnc65)c4)ccc3-c3ccc(-c4cnc5c(ccc6ccc(-c7cccc8c7oc7ccccc78)nc65)c4)cc32)cc1. The van der Waals surface area contributed by atoms with Crippen molar-refractivity contribution in [2.24, 2.45) is 0 Å². The fourth-order valence-corrected chi connectivity index (χ4v) is 10.8. The number of para-hydroxylation sites is 2. The first-order chi connectivity index (χ1) is 32.7. The van der Waals surface area contributed by atoms with E-state index in [2.05, 4.69) is 187 Å². The molecule has 5 aromatic heterocycles. The van der Waals surface area contributed by atoms with E-state index in [4.69, 9.17) is 19.4 Å². The van der Waals surface area contributed by atoms with Crippen LogP contribution in [-0.4, -0.2) is 19.9 Å². The van der Waals surface area contributed by atoms with Gasteiger partial charge in [-0.2, -0.15) is 0 Å². The minimum Gasteiger partial charge on any atom is -0.455 e. The molecule has 0 saturated heterocycles. The molecule has 1 aliphatic rings. The van der Waals surface area contributed by atoms with E-state index in [1.165, 1.54) is 33.4 Å². The van der Waals surface area contributed by atoms with Crippen LogP contribution in [0.15, 0.2) is 223 Å². The third kappa shape index (κ3) is 5.34. The van der Waals surface area contributed by atoms with E-state index >= 15 is 0 Å². The van der Waals surface area contributed by atoms with Crippen molar-refractivity contribution in [3.05, 3.63) is 241 Å². The summed E-state index contributed by atoms with van der Waals surface area (Å²) in [5.41, 5.74) is 18.2. The van der Waals surface area contributed by atoms with E-state index in [-0.39, 0.29) is 0 Å². The molecule has 0 amide bonds. The first-order valence-electron chi connectivity index (χ1n) is 22.3. The summed E-state index contributed by atoms with van der Waals surface area (Å²) >= 11 is 0. The van der Waals surface area contributed by atoms with Crippen LogP contribution >= 0.6 is 0 Å². The minimum atomic E-state index is -0.604. The topological polar surface area (TPSA) is 64.7 Å². The number of furan rings is 1. The Hall–Kier alpha value is -8.80. The van der Waals surface area contributed by atoms with Crippen LogP contribution < -0.4 is 0 Å². The standard InChI is InChI=1S/C61H36N4O/c1-3-12-45(13-4-1)61(46-14-5-2-6-15-46)52-33-39(43-31-41-22-20-37-11-10-30-62-56(37)57(41)63-35-43)24-27-47(52)48-28-25-40(34-53(48)61)44-32-42-23-21-38-26-29-54(65-59(38)58(42)64-36-44)51-18-9-17-50-49-16-7-8-19-55(49)66-60(50)51/h1-36H. The molecule has 8 aromatic carbocycles. The van der Waals surface area contributed by atoms with Gasteiger partial charge in [-0.1, -0.05) is 152 Å². The monoisotopic (exact) mass is 840 g/mol. The zero-order valence-corrected chi connectivity index (χ0v) is 35.5. The van der Waals surface area contributed by atoms with Crippen LogP contribution in [0.5, 0.6) is 0 Å². The van der Waals surface area contributed by atoms with Crippen LogP contribution in [0.2, 0.25) is 0 Å². The Balaban J connectivity index is 0.920. The summed E-state index contributed by atoms with van der Waals surface area (Å²) in [5, 5.41) is 6.41. The molecular formula is C61H36N4O. The summed E-state index contributed by atoms with van der Waals surface area (Å²) in [7, 11) is 0. The number of rotatable bonds is 5. The third-order valence-corrected chi connectivity index (χ3v) is 13.8. The second-order valence-electron chi connectivity index (χ2n) is 17.3. The molecule has 0 bridgehead atoms. The van der Waals surface area contributed by atoms with Gasteiger partial charge in [-0.25, -0.2) is 4.98 Å². The quantitative estimate of drug-likeness (QED) is 0.162. The normalized spacial score (nSPS) is 13.0. The van der Waals surface area contributed by atoms with Gasteiger partial charge in [0, 0.05) is 67.6 Å². The van der Waals surface area contributed by atoms with Crippen LogP contribution in [0.1, 0.15) is 22.3 Å². The molecular weight excluding hydrogens is 805 g/mol. The van der Waals surface area contributed by atoms with Gasteiger partial charge in [-0.15, -0.1) is 0 Å². The Morgan fingerprint density at radius 1 is 0.364 bits per heavy atom. The lowest BCUT2D eigenvalue weighted by atomic mass is 9.67. The van der Waals surface area contributed by atoms with Gasteiger partial charge >= 0.3 is 0 Å². The van der Waals surface area contributed by atoms with Gasteiger partial charge in [0.15, 0.2) is 0 Å². The number of fused-ring (bicyclic) bond motifs is 12. The highest BCUT2D eigenvalue weighted by atomic mass is 16.3. The number of hydrogen-bond acceptors (Lipinski definition) is 5. The molecule has 306 valence electrons. The highest BCUT2D eigenvalue weighted by molar-refractivity contribution is 6.10. The summed E-state index contributed by atoms with van der Waals surface area (Å²) in [6, 6.07) is 71.7. The first-order valence-corrected chi connectivity index (χ1v) is 22.3. The summed E-state index contributed by atoms with van der Waals surface area (Å²) in [6.07, 6.45) is 5.85. The molecule has 66 heavy (non-hydrogen) atoms. The summed E-state index contributed by atoms with van der Waals surface area (Å²) in [4.78, 5) is 20.2. The van der Waals surface area contributed by atoms with Crippen LogP contribution in [0, 0.1) is 0 Å². The fraction of sp³-hybridized carbons (Fsp3) is 0.0164. The molecule has 13 aromatic rings. The van der Waals surface area contributed by atoms with E-state index in [1.807, 2.05) is 36.8 Å². The Morgan fingerprint density at radius 3 is 1.61 bits per heavy atom. The minimum absolute atomic E-state index is 0.604. The maximum absolute atomic E-state index is 6.42. The predicted molar refractivity (Wildman–Crippen MR) is 269 cm³/mol. The fourth-order valence-electron chi connectivity index (χ4n) is 10.8. The van der Waals surface area contributed by atoms with Crippen molar-refractivity contribution in [3.63, 3.8) is 0 Å². The average Bonchev–Trinajstić information content (AvgIpc) is 3.92. The molecule has 14 rings (SSSR count). The summed E-state index contributed by atoms with van der Waals surface area (Å²) < 4.78 is 6.42. The second kappa shape index (κ2) is 14.1. The van der Waals surface area contributed by atoms with Crippen molar-refractivity contribution in [3.8, 4) is 44.6 Å². The lowest BCUT2D eigenvalue weighted by Crippen LogP contribution is -2.28. The van der Waals surface area contributed by atoms with Gasteiger partial charge in [0.1, 0.15) is 11.2 Å². The maximum atomic E-state index is 6.42. The lowest BCUT2D eigenvalue weighted by Gasteiger charge is -2.34. The Kier molecular flexibility index (Phi) is 7.83. The third-order valence-electron chi connectivity index (χ3n) is 13.8. The summed E-state index contributed by atoms with van der Waals surface area (Å²) in [5.74, 6) is 0. The number of pyridine rings is 4. The molecule has 5 heteroatoms. The van der Waals surface area contributed by atoms with Crippen molar-refractivity contribution in [2.45, 2.75) is 5.41 Å². The van der Waals surface area contributed by atoms with Crippen molar-refractivity contribution < 1.29 is 4.42 Å². The van der Waals surface area contributed by atoms with Crippen LogP contribution in [0.25, 0.3) is 110 Å². The molecule has 0 unspecified atom stereocenters. The smallest absolute Gasteiger partial charge is 0.144 e. The van der Waals surface area contributed by atoms with Crippen molar-refractivity contribution >= 4 is 65.6 Å². The zero-order valence-electron chi connectivity index (χ0n) is 35.5. The van der Waals surface area contributed by atoms with Crippen LogP contribution in [0.3, 0.4) is 0 Å². The molecule has 5 nitrogen and oxygen atoms in total. The van der Waals surface area contributed by atoms with Gasteiger partial charge in [0.05, 0.1) is 33.2 Å². The molecule has 0 radical (unpaired) electrons. The van der Waals surface area contributed by atoms with Crippen molar-refractivity contribution in [1.82, 2.24) is 19.9 Å². The molecule has 0 N–H and O–H groups in total. The predicted octanol–water partition coefficient (Wildman–Crippen LogP) is 15.1. The number of hydrogen-bond donors (Lipinski definition) is 0. The van der Waals surface area contributed by atoms with Crippen LogP contribution in [-0.2, 0) is 5.41 Å². The largest absolute Gasteiger partial charge is 0.455 e. The molecule has 0 atom stereocenters. The van der Waals surface area contributed by atoms with Gasteiger partial charge in [0.25, 0.3) is 0 Å². The first kappa shape index (κ1) is 36.7. The highest BCUT2D eigenvalue weighted by Gasteiger charge is 2.46. The molecule has 0 fully saturated rings. The number of nitrogens with zero attached hydrogens (tertiary/aromatic N) is 4. The Labute approximate surface area is 379 Å². The molecule has 0 saturated carbocycles. The zero-order chi connectivity index (χ0) is 43.3. The molecule has 1 aliphatic carbocycles. The van der Waals surface area contributed by atoms with Crippen molar-refractivity contribution in [1.29, 1.82) is 0 Å². The van der Waals surface area contributed by atoms with E-state index < -0.39 is 5.41 Å². The van der Waals surface area contributed by atoms with Crippen LogP contribution in [0.4, 0.5) is 0 Å². The second-order valence-corrected chi connectivity index (χ2v) is 17.3. The summed E-state index contributed by atoms with van der Waals surface area (Å²) in [6.45, 7) is 0. The Morgan fingerprint density at radius 2 is 0.924 bits per heavy atom. The number of aromatic nitrogens is 4. The van der Waals surface area contributed by atoms with Gasteiger partial charge in [-0.3, -0.25) is 15.0 Å². The van der Waals surface area contributed by atoms with E-state index in [0.717, 1.165) is 99.1 Å². The average molecular weight is 841 g/mol. The maximum Gasteiger partial charge on any atom is 0.144 e. The number of benzene rings is 8. The molecule has 0 spiro atoms. The van der Waals surface area contributed by atoms with E-state index in [9.17, 15) is 0 Å². The molecule has 5 heterocycles. The van der Waals surface area contributed by atoms with Gasteiger partial charge in [0.2, 0.25) is 0 Å². The van der Waals surface area contributed by atoms with Gasteiger partial charge < -0.3 is 4.42 Å². The lowest BCUT2D eigenvalue weighted by molar-refractivity contribution is 0.670. The van der Waals surface area contributed by atoms with E-state index in [0.29, 0.717) is 0 Å². The van der Waals surface area contributed by atoms with Crippen molar-refractivity contribution in [2.75, 3.05) is 0 Å². The Bertz CT molecular complexity index is 4080. The molecule has 0 aliphatic heterocycles. The highest BCUT2D eigenvalue weighted by Crippen LogP contribution is 2.57.